The average molecular weight is 334 g/mol. The predicted octanol–water partition coefficient (Wildman–Crippen LogP) is 2.50. The number of carboxylic acids is 1. The molecule has 2 rings (SSSR count). The van der Waals surface area contributed by atoms with E-state index in [0.29, 0.717) is 6.04 Å². The van der Waals surface area contributed by atoms with Gasteiger partial charge in [-0.05, 0) is 70.4 Å². The Kier molecular flexibility index (Phi) is 7.53. The summed E-state index contributed by atoms with van der Waals surface area (Å²) in [5.74, 6) is 0.235. The molecule has 1 unspecified atom stereocenters. The first-order valence-electron chi connectivity index (χ1n) is 8.86. The van der Waals surface area contributed by atoms with E-state index < -0.39 is 5.97 Å². The van der Waals surface area contributed by atoms with E-state index in [1.54, 1.807) is 7.11 Å². The zero-order valence-corrected chi connectivity index (χ0v) is 14.9. The predicted molar refractivity (Wildman–Crippen MR) is 95.7 cm³/mol. The second-order valence-electron chi connectivity index (χ2n) is 6.65. The van der Waals surface area contributed by atoms with E-state index in [4.69, 9.17) is 9.84 Å². The number of nitrogens with zero attached hydrogens (tertiary/aromatic N) is 2. The van der Waals surface area contributed by atoms with Crippen LogP contribution in [0.1, 0.15) is 31.2 Å². The highest BCUT2D eigenvalue weighted by Gasteiger charge is 2.21. The van der Waals surface area contributed by atoms with Crippen molar-refractivity contribution in [2.24, 2.45) is 0 Å². The summed E-state index contributed by atoms with van der Waals surface area (Å²) in [4.78, 5) is 15.4. The number of likely N-dealkylation sites (tertiary alicyclic amines) is 1. The second kappa shape index (κ2) is 9.64. The molecule has 0 bridgehead atoms. The van der Waals surface area contributed by atoms with Crippen LogP contribution in [0.2, 0.25) is 0 Å². The minimum absolute atomic E-state index is 0.137. The molecule has 1 fully saturated rings. The number of rotatable bonds is 8. The first-order chi connectivity index (χ1) is 11.6. The topological polar surface area (TPSA) is 53.0 Å². The minimum atomic E-state index is -0.740. The van der Waals surface area contributed by atoms with Crippen molar-refractivity contribution in [1.29, 1.82) is 0 Å². The summed E-state index contributed by atoms with van der Waals surface area (Å²) in [6.07, 6.45) is 5.44. The number of hydrogen-bond acceptors (Lipinski definition) is 4. The zero-order valence-electron chi connectivity index (χ0n) is 14.9. The van der Waals surface area contributed by atoms with Gasteiger partial charge in [0.1, 0.15) is 5.75 Å². The largest absolute Gasteiger partial charge is 0.496 e. The van der Waals surface area contributed by atoms with Gasteiger partial charge in [-0.15, -0.1) is 0 Å². The van der Waals surface area contributed by atoms with E-state index in [1.807, 2.05) is 24.1 Å². The van der Waals surface area contributed by atoms with E-state index in [9.17, 15) is 4.79 Å². The van der Waals surface area contributed by atoms with Crippen LogP contribution in [-0.4, -0.2) is 67.3 Å². The first-order valence-corrected chi connectivity index (χ1v) is 8.86. The lowest BCUT2D eigenvalue weighted by Crippen LogP contribution is -2.36. The van der Waals surface area contributed by atoms with Crippen molar-refractivity contribution in [3.63, 3.8) is 0 Å². The molecule has 0 aromatic heterocycles. The highest BCUT2D eigenvalue weighted by atomic mass is 16.5. The van der Waals surface area contributed by atoms with Crippen LogP contribution in [0.5, 0.6) is 5.75 Å². The Balaban J connectivity index is 1.75. The van der Waals surface area contributed by atoms with E-state index in [1.165, 1.54) is 5.56 Å². The molecule has 1 N–H and O–H groups in total. The van der Waals surface area contributed by atoms with Gasteiger partial charge in [-0.3, -0.25) is 9.69 Å². The molecule has 1 aliphatic rings. The number of carbonyl (C=O) groups is 1. The lowest BCUT2D eigenvalue weighted by molar-refractivity contribution is -0.138. The van der Waals surface area contributed by atoms with Crippen molar-refractivity contribution in [2.45, 2.75) is 38.1 Å². The fraction of sp³-hybridized carbons (Fsp3) is 0.632. The lowest BCUT2D eigenvalue weighted by atomic mass is 10.1. The molecular formula is C19H30N2O3. The molecule has 0 amide bonds. The molecule has 134 valence electrons. The third kappa shape index (κ3) is 5.80. The number of ether oxygens (including phenoxy) is 1. The molecule has 1 aromatic carbocycles. The normalized spacial score (nSPS) is 19.2. The molecule has 1 saturated heterocycles. The summed E-state index contributed by atoms with van der Waals surface area (Å²) in [6, 6.07) is 8.61. The monoisotopic (exact) mass is 334 g/mol. The van der Waals surface area contributed by atoms with Gasteiger partial charge in [0.25, 0.3) is 0 Å². The van der Waals surface area contributed by atoms with Crippen molar-refractivity contribution >= 4 is 5.97 Å². The molecule has 1 heterocycles. The van der Waals surface area contributed by atoms with Crippen LogP contribution in [0.25, 0.3) is 0 Å². The summed E-state index contributed by atoms with van der Waals surface area (Å²) in [6.45, 7) is 3.40. The molecule has 0 saturated carbocycles. The van der Waals surface area contributed by atoms with E-state index in [0.717, 1.165) is 57.5 Å². The van der Waals surface area contributed by atoms with Crippen molar-refractivity contribution < 1.29 is 14.6 Å². The summed E-state index contributed by atoms with van der Waals surface area (Å²) in [5, 5.41) is 8.94. The van der Waals surface area contributed by atoms with Gasteiger partial charge in [0, 0.05) is 6.04 Å². The van der Waals surface area contributed by atoms with Crippen molar-refractivity contribution in [1.82, 2.24) is 9.80 Å². The third-order valence-corrected chi connectivity index (χ3v) is 4.91. The Bertz CT molecular complexity index is 521. The molecule has 0 radical (unpaired) electrons. The Hall–Kier alpha value is -1.59. The smallest absolute Gasteiger partial charge is 0.317 e. The standard InChI is InChI=1S/C19H30N2O3/c1-20(15-19(22)23)17-9-6-13-21(14-11-17)12-5-8-16-7-3-4-10-18(16)24-2/h3-4,7,10,17H,5-6,8-9,11-15H2,1-2H3,(H,22,23). The van der Waals surface area contributed by atoms with Gasteiger partial charge < -0.3 is 14.7 Å². The Morgan fingerprint density at radius 1 is 1.33 bits per heavy atom. The molecule has 5 nitrogen and oxygen atoms in total. The van der Waals surface area contributed by atoms with Gasteiger partial charge in [0.05, 0.1) is 13.7 Å². The number of aliphatic carboxylic acids is 1. The third-order valence-electron chi connectivity index (χ3n) is 4.91. The number of carboxylic acid groups (broad SMARTS) is 1. The van der Waals surface area contributed by atoms with Gasteiger partial charge in [-0.2, -0.15) is 0 Å². The summed E-state index contributed by atoms with van der Waals surface area (Å²) in [7, 11) is 3.65. The van der Waals surface area contributed by atoms with E-state index >= 15 is 0 Å². The fourth-order valence-electron chi connectivity index (χ4n) is 3.55. The number of methoxy groups -OCH3 is 1. The number of hydrogen-bond donors (Lipinski definition) is 1. The Labute approximate surface area is 145 Å². The van der Waals surface area contributed by atoms with Crippen LogP contribution in [0.3, 0.4) is 0 Å². The summed E-state index contributed by atoms with van der Waals surface area (Å²) >= 11 is 0. The Morgan fingerprint density at radius 2 is 2.12 bits per heavy atom. The highest BCUT2D eigenvalue weighted by molar-refractivity contribution is 5.69. The van der Waals surface area contributed by atoms with Gasteiger partial charge in [0.2, 0.25) is 0 Å². The number of aryl methyl sites for hydroxylation is 1. The number of likely N-dealkylation sites (N-methyl/N-ethyl adjacent to an activating group) is 1. The fourth-order valence-corrected chi connectivity index (χ4v) is 3.55. The molecule has 1 aliphatic heterocycles. The molecule has 0 spiro atoms. The van der Waals surface area contributed by atoms with Crippen LogP contribution in [0, 0.1) is 0 Å². The lowest BCUT2D eigenvalue weighted by Gasteiger charge is -2.25. The van der Waals surface area contributed by atoms with Crippen molar-refractivity contribution in [3.8, 4) is 5.75 Å². The minimum Gasteiger partial charge on any atom is -0.496 e. The van der Waals surface area contributed by atoms with Gasteiger partial charge in [0.15, 0.2) is 0 Å². The highest BCUT2D eigenvalue weighted by Crippen LogP contribution is 2.20. The van der Waals surface area contributed by atoms with Crippen LogP contribution >= 0.6 is 0 Å². The van der Waals surface area contributed by atoms with Crippen LogP contribution in [-0.2, 0) is 11.2 Å². The summed E-state index contributed by atoms with van der Waals surface area (Å²) < 4.78 is 5.41. The van der Waals surface area contributed by atoms with Crippen LogP contribution in [0.15, 0.2) is 24.3 Å². The van der Waals surface area contributed by atoms with E-state index in [-0.39, 0.29) is 6.54 Å². The van der Waals surface area contributed by atoms with Crippen LogP contribution < -0.4 is 4.74 Å². The van der Waals surface area contributed by atoms with Gasteiger partial charge in [-0.1, -0.05) is 18.2 Å². The average Bonchev–Trinajstić information content (AvgIpc) is 2.80. The Morgan fingerprint density at radius 3 is 2.88 bits per heavy atom. The number of para-hydroxylation sites is 1. The first kappa shape index (κ1) is 18.7. The quantitative estimate of drug-likeness (QED) is 0.792. The molecular weight excluding hydrogens is 304 g/mol. The maximum absolute atomic E-state index is 10.9. The number of benzene rings is 1. The summed E-state index contributed by atoms with van der Waals surface area (Å²) in [5.41, 5.74) is 1.27. The molecule has 1 atom stereocenters. The molecule has 5 heteroatoms. The van der Waals surface area contributed by atoms with Gasteiger partial charge >= 0.3 is 5.97 Å². The van der Waals surface area contributed by atoms with Crippen molar-refractivity contribution in [3.05, 3.63) is 29.8 Å². The van der Waals surface area contributed by atoms with Crippen molar-refractivity contribution in [2.75, 3.05) is 40.3 Å². The van der Waals surface area contributed by atoms with Crippen LogP contribution in [0.4, 0.5) is 0 Å². The molecule has 24 heavy (non-hydrogen) atoms. The maximum Gasteiger partial charge on any atom is 0.317 e. The zero-order chi connectivity index (χ0) is 17.4. The second-order valence-corrected chi connectivity index (χ2v) is 6.65. The molecule has 0 aliphatic carbocycles. The van der Waals surface area contributed by atoms with E-state index in [2.05, 4.69) is 17.0 Å². The van der Waals surface area contributed by atoms with Gasteiger partial charge in [-0.25, -0.2) is 0 Å². The molecule has 1 aromatic rings. The SMILES string of the molecule is COc1ccccc1CCCN1CCCC(N(C)CC(=O)O)CC1. The maximum atomic E-state index is 10.9.